The summed E-state index contributed by atoms with van der Waals surface area (Å²) in [7, 11) is 1.61. The fourth-order valence-electron chi connectivity index (χ4n) is 1.65. The van der Waals surface area contributed by atoms with Gasteiger partial charge in [-0.05, 0) is 46.0 Å². The van der Waals surface area contributed by atoms with Gasteiger partial charge in [0.2, 0.25) is 0 Å². The minimum atomic E-state index is -0.765. The number of methoxy groups -OCH3 is 1. The molecule has 0 fully saturated rings. The van der Waals surface area contributed by atoms with Gasteiger partial charge in [0.15, 0.2) is 0 Å². The van der Waals surface area contributed by atoms with Crippen molar-refractivity contribution in [1.82, 2.24) is 0 Å². The predicted octanol–water partition coefficient (Wildman–Crippen LogP) is 3.43. The minimum absolute atomic E-state index is 0.0553. The van der Waals surface area contributed by atoms with Crippen LogP contribution in [0.4, 0.5) is 0 Å². The molecule has 1 N–H and O–H groups in total. The summed E-state index contributed by atoms with van der Waals surface area (Å²) in [6.45, 7) is 1.99. The van der Waals surface area contributed by atoms with Crippen molar-refractivity contribution < 1.29 is 14.6 Å². The van der Waals surface area contributed by atoms with E-state index in [0.29, 0.717) is 0 Å². The van der Waals surface area contributed by atoms with Gasteiger partial charge in [0, 0.05) is 0 Å². The number of halogens is 1. The number of rotatable bonds is 5. The van der Waals surface area contributed by atoms with E-state index in [2.05, 4.69) is 15.9 Å². The fourth-order valence-corrected chi connectivity index (χ4v) is 2.20. The van der Waals surface area contributed by atoms with Crippen LogP contribution in [0.5, 0.6) is 5.75 Å². The van der Waals surface area contributed by atoms with E-state index in [4.69, 9.17) is 9.84 Å². The van der Waals surface area contributed by atoms with Gasteiger partial charge in [0.25, 0.3) is 0 Å². The summed E-state index contributed by atoms with van der Waals surface area (Å²) in [6, 6.07) is 5.70. The average molecular weight is 287 g/mol. The van der Waals surface area contributed by atoms with E-state index in [-0.39, 0.29) is 12.3 Å². The highest BCUT2D eigenvalue weighted by molar-refractivity contribution is 9.10. The van der Waals surface area contributed by atoms with Crippen molar-refractivity contribution >= 4 is 21.9 Å². The van der Waals surface area contributed by atoms with Crippen molar-refractivity contribution in [3.05, 3.63) is 28.2 Å². The molecule has 0 aliphatic rings. The first-order valence-corrected chi connectivity index (χ1v) is 5.93. The molecule has 0 saturated carbocycles. The summed E-state index contributed by atoms with van der Waals surface area (Å²) < 4.78 is 5.99. The Bertz CT molecular complexity index is 377. The summed E-state index contributed by atoms with van der Waals surface area (Å²) in [5.74, 6) is 0.0485. The minimum Gasteiger partial charge on any atom is -0.496 e. The normalized spacial score (nSPS) is 12.2. The third kappa shape index (κ3) is 3.23. The molecule has 1 aromatic rings. The maximum absolute atomic E-state index is 10.7. The molecule has 88 valence electrons. The monoisotopic (exact) mass is 286 g/mol. The van der Waals surface area contributed by atoms with E-state index in [9.17, 15) is 4.79 Å². The maximum Gasteiger partial charge on any atom is 0.303 e. The molecule has 0 spiro atoms. The second kappa shape index (κ2) is 5.89. The number of aliphatic carboxylic acids is 1. The first-order chi connectivity index (χ1) is 7.58. The number of carbonyl (C=O) groups is 1. The third-order valence-electron chi connectivity index (χ3n) is 2.56. The van der Waals surface area contributed by atoms with Gasteiger partial charge >= 0.3 is 5.97 Å². The topological polar surface area (TPSA) is 46.5 Å². The van der Waals surface area contributed by atoms with Gasteiger partial charge in [-0.25, -0.2) is 0 Å². The zero-order valence-corrected chi connectivity index (χ0v) is 11.0. The largest absolute Gasteiger partial charge is 0.496 e. The lowest BCUT2D eigenvalue weighted by atomic mass is 9.93. The lowest BCUT2D eigenvalue weighted by Gasteiger charge is -2.14. The molecular weight excluding hydrogens is 272 g/mol. The number of carboxylic acid groups (broad SMARTS) is 1. The van der Waals surface area contributed by atoms with Crippen LogP contribution in [0, 0.1) is 0 Å². The Morgan fingerprint density at radius 2 is 2.25 bits per heavy atom. The van der Waals surface area contributed by atoms with Crippen molar-refractivity contribution in [3.8, 4) is 5.75 Å². The van der Waals surface area contributed by atoms with Crippen LogP contribution in [-0.4, -0.2) is 18.2 Å². The van der Waals surface area contributed by atoms with E-state index in [1.165, 1.54) is 0 Å². The summed E-state index contributed by atoms with van der Waals surface area (Å²) in [6.07, 6.45) is 0.973. The molecule has 3 nitrogen and oxygen atoms in total. The van der Waals surface area contributed by atoms with Gasteiger partial charge in [-0.15, -0.1) is 0 Å². The summed E-state index contributed by atoms with van der Waals surface area (Å²) >= 11 is 3.40. The van der Waals surface area contributed by atoms with E-state index in [0.717, 1.165) is 22.2 Å². The molecule has 0 saturated heterocycles. The summed E-state index contributed by atoms with van der Waals surface area (Å²) in [5.41, 5.74) is 1.03. The van der Waals surface area contributed by atoms with Gasteiger partial charge < -0.3 is 9.84 Å². The highest BCUT2D eigenvalue weighted by atomic mass is 79.9. The zero-order chi connectivity index (χ0) is 12.1. The number of hydrogen-bond acceptors (Lipinski definition) is 2. The molecule has 16 heavy (non-hydrogen) atoms. The van der Waals surface area contributed by atoms with Crippen LogP contribution >= 0.6 is 15.9 Å². The molecule has 0 heterocycles. The van der Waals surface area contributed by atoms with Crippen molar-refractivity contribution in [2.45, 2.75) is 25.7 Å². The van der Waals surface area contributed by atoms with Crippen LogP contribution in [0.15, 0.2) is 22.7 Å². The van der Waals surface area contributed by atoms with Crippen molar-refractivity contribution in [3.63, 3.8) is 0 Å². The molecule has 1 aromatic carbocycles. The quantitative estimate of drug-likeness (QED) is 0.902. The van der Waals surface area contributed by atoms with Gasteiger partial charge in [-0.3, -0.25) is 4.79 Å². The average Bonchev–Trinajstić information content (AvgIpc) is 2.25. The Morgan fingerprint density at radius 3 is 2.69 bits per heavy atom. The molecular formula is C12H15BrO3. The second-order valence-electron chi connectivity index (χ2n) is 3.60. The molecule has 0 amide bonds. The smallest absolute Gasteiger partial charge is 0.303 e. The molecule has 0 radical (unpaired) electrons. The Kier molecular flexibility index (Phi) is 4.80. The fraction of sp³-hybridized carbons (Fsp3) is 0.417. The lowest BCUT2D eigenvalue weighted by Crippen LogP contribution is -2.05. The van der Waals surface area contributed by atoms with E-state index in [1.54, 1.807) is 7.11 Å². The van der Waals surface area contributed by atoms with Crippen molar-refractivity contribution in [1.29, 1.82) is 0 Å². The Morgan fingerprint density at radius 1 is 1.56 bits per heavy atom. The number of benzene rings is 1. The van der Waals surface area contributed by atoms with Crippen LogP contribution in [0.3, 0.4) is 0 Å². The molecule has 1 atom stereocenters. The van der Waals surface area contributed by atoms with Crippen LogP contribution in [0.2, 0.25) is 0 Å². The molecule has 0 aliphatic heterocycles. The van der Waals surface area contributed by atoms with E-state index in [1.807, 2.05) is 25.1 Å². The Labute approximate surface area is 104 Å². The number of hydrogen-bond donors (Lipinski definition) is 1. The number of ether oxygens (including phenoxy) is 1. The first kappa shape index (κ1) is 13.0. The first-order valence-electron chi connectivity index (χ1n) is 5.13. The summed E-state index contributed by atoms with van der Waals surface area (Å²) in [5, 5.41) is 8.81. The van der Waals surface area contributed by atoms with Crippen LogP contribution in [0.25, 0.3) is 0 Å². The van der Waals surface area contributed by atoms with Gasteiger partial charge in [0.05, 0.1) is 18.0 Å². The second-order valence-corrected chi connectivity index (χ2v) is 4.45. The van der Waals surface area contributed by atoms with Gasteiger partial charge in [0.1, 0.15) is 5.75 Å². The predicted molar refractivity (Wildman–Crippen MR) is 66.0 cm³/mol. The highest BCUT2D eigenvalue weighted by Crippen LogP contribution is 2.31. The highest BCUT2D eigenvalue weighted by Gasteiger charge is 2.14. The van der Waals surface area contributed by atoms with Gasteiger partial charge in [-0.1, -0.05) is 13.0 Å². The summed E-state index contributed by atoms with van der Waals surface area (Å²) in [4.78, 5) is 10.7. The molecule has 0 aromatic heterocycles. The molecule has 0 aliphatic carbocycles. The Balaban J connectivity index is 2.93. The van der Waals surface area contributed by atoms with Crippen LogP contribution < -0.4 is 4.74 Å². The van der Waals surface area contributed by atoms with Gasteiger partial charge in [-0.2, -0.15) is 0 Å². The van der Waals surface area contributed by atoms with E-state index >= 15 is 0 Å². The Hall–Kier alpha value is -1.03. The standard InChI is InChI=1S/C12H15BrO3/c1-3-8(7-12(14)15)9-4-5-11(16-2)10(13)6-9/h4-6,8H,3,7H2,1-2H3,(H,14,15). The SMILES string of the molecule is CCC(CC(=O)O)c1ccc(OC)c(Br)c1. The zero-order valence-electron chi connectivity index (χ0n) is 9.37. The lowest BCUT2D eigenvalue weighted by molar-refractivity contribution is -0.137. The molecule has 1 unspecified atom stereocenters. The molecule has 0 bridgehead atoms. The maximum atomic E-state index is 10.7. The van der Waals surface area contributed by atoms with Crippen molar-refractivity contribution in [2.24, 2.45) is 0 Å². The number of carboxylic acids is 1. The third-order valence-corrected chi connectivity index (χ3v) is 3.18. The van der Waals surface area contributed by atoms with Crippen LogP contribution in [0.1, 0.15) is 31.2 Å². The van der Waals surface area contributed by atoms with Crippen LogP contribution in [-0.2, 0) is 4.79 Å². The molecule has 1 rings (SSSR count). The van der Waals surface area contributed by atoms with E-state index < -0.39 is 5.97 Å². The molecule has 4 heteroatoms. The van der Waals surface area contributed by atoms with Crippen molar-refractivity contribution in [2.75, 3.05) is 7.11 Å².